The molecule has 1 aliphatic heterocycles. The highest BCUT2D eigenvalue weighted by atomic mass is 32.3. The van der Waals surface area contributed by atoms with Crippen molar-refractivity contribution < 1.29 is 28.1 Å². The summed E-state index contributed by atoms with van der Waals surface area (Å²) in [6.45, 7) is 6.95. The summed E-state index contributed by atoms with van der Waals surface area (Å²) in [5, 5.41) is 0. The van der Waals surface area contributed by atoms with Gasteiger partial charge in [-0.25, -0.2) is 0 Å². The molecular weight excluding hydrogens is 514 g/mol. The lowest BCUT2D eigenvalue weighted by Gasteiger charge is -2.42. The third-order valence-electron chi connectivity index (χ3n) is 7.19. The fraction of sp³-hybridized carbons (Fsp3) is 0.387. The second kappa shape index (κ2) is 12.9. The molecule has 2 unspecified atom stereocenters. The van der Waals surface area contributed by atoms with Gasteiger partial charge in [-0.3, -0.25) is 13.9 Å². The first-order valence-corrected chi connectivity index (χ1v) is 15.0. The second-order valence-corrected chi connectivity index (χ2v) is 11.7. The highest BCUT2D eigenvalue weighted by Gasteiger charge is 2.35. The minimum absolute atomic E-state index is 0.179. The number of carbonyl (C=O) groups is 1. The molecule has 3 aromatic rings. The van der Waals surface area contributed by atoms with E-state index in [1.807, 2.05) is 37.3 Å². The van der Waals surface area contributed by atoms with Crippen molar-refractivity contribution in [3.05, 3.63) is 89.0 Å². The monoisotopic (exact) mass is 553 g/mol. The Kier molecular flexibility index (Phi) is 9.56. The maximum atomic E-state index is 12.7. The van der Waals surface area contributed by atoms with Gasteiger partial charge in [-0.15, -0.1) is 10.8 Å². The highest BCUT2D eigenvalue weighted by molar-refractivity contribution is 8.22. The normalized spacial score (nSPS) is 18.3. The molecule has 2 N–H and O–H groups in total. The lowest BCUT2D eigenvalue weighted by molar-refractivity contribution is -0.143. The van der Waals surface area contributed by atoms with Crippen LogP contribution >= 0.6 is 10.8 Å². The Morgan fingerprint density at radius 1 is 1.03 bits per heavy atom. The number of ether oxygens (including phenoxy) is 3. The van der Waals surface area contributed by atoms with E-state index in [1.54, 1.807) is 36.5 Å². The molecular formula is C31H39NO6S. The number of hydrogen-bond acceptors (Lipinski definition) is 7. The quantitative estimate of drug-likeness (QED) is 0.260. The van der Waals surface area contributed by atoms with E-state index in [0.717, 1.165) is 40.8 Å². The fourth-order valence-corrected chi connectivity index (χ4v) is 6.66. The first-order chi connectivity index (χ1) is 18.8. The molecule has 0 spiro atoms. The van der Waals surface area contributed by atoms with Crippen LogP contribution in [0.25, 0.3) is 0 Å². The Labute approximate surface area is 233 Å². The van der Waals surface area contributed by atoms with Crippen molar-refractivity contribution in [3.63, 3.8) is 0 Å². The molecule has 1 heterocycles. The van der Waals surface area contributed by atoms with E-state index in [1.165, 1.54) is 0 Å². The Bertz CT molecular complexity index is 1280. The predicted octanol–water partition coefficient (Wildman–Crippen LogP) is 7.04. The molecule has 7 nitrogen and oxygen atoms in total. The number of fused-ring (bicyclic) bond motifs is 1. The van der Waals surface area contributed by atoms with Crippen LogP contribution in [0.5, 0.6) is 11.5 Å². The van der Waals surface area contributed by atoms with Gasteiger partial charge in [0.05, 0.1) is 26.7 Å². The SMILES string of the molecule is CCOC(=O)CC(c1cccc(OC)c1)c1ccc(CC)c(CN2CC(CC)Oc3ccccc3S2(O)O)c1. The van der Waals surface area contributed by atoms with E-state index in [9.17, 15) is 13.9 Å². The van der Waals surface area contributed by atoms with Crippen LogP contribution in [0, 0.1) is 0 Å². The predicted molar refractivity (Wildman–Crippen MR) is 155 cm³/mol. The van der Waals surface area contributed by atoms with Gasteiger partial charge in [-0.05, 0) is 66.3 Å². The third kappa shape index (κ3) is 6.58. The van der Waals surface area contributed by atoms with Gasteiger partial charge in [-0.1, -0.05) is 56.3 Å². The van der Waals surface area contributed by atoms with E-state index in [0.29, 0.717) is 30.3 Å². The summed E-state index contributed by atoms with van der Waals surface area (Å²) >= 11 is 0. The molecule has 0 bridgehead atoms. The van der Waals surface area contributed by atoms with E-state index < -0.39 is 10.8 Å². The van der Waals surface area contributed by atoms with Crippen LogP contribution in [0.4, 0.5) is 0 Å². The number of esters is 1. The molecule has 2 atom stereocenters. The van der Waals surface area contributed by atoms with Crippen molar-refractivity contribution in [2.24, 2.45) is 0 Å². The van der Waals surface area contributed by atoms with Gasteiger partial charge < -0.3 is 14.2 Å². The van der Waals surface area contributed by atoms with Crippen molar-refractivity contribution >= 4 is 16.7 Å². The van der Waals surface area contributed by atoms with Crippen LogP contribution in [-0.4, -0.2) is 45.7 Å². The number of rotatable bonds is 10. The van der Waals surface area contributed by atoms with Crippen LogP contribution in [0.1, 0.15) is 61.8 Å². The van der Waals surface area contributed by atoms with E-state index in [2.05, 4.69) is 25.1 Å². The lowest BCUT2D eigenvalue weighted by atomic mass is 9.86. The molecule has 0 saturated heterocycles. The van der Waals surface area contributed by atoms with E-state index in [4.69, 9.17) is 14.2 Å². The minimum atomic E-state index is -3.29. The number of aryl methyl sites for hydroxylation is 1. The summed E-state index contributed by atoms with van der Waals surface area (Å²) in [5.41, 5.74) is 4.01. The summed E-state index contributed by atoms with van der Waals surface area (Å²) in [4.78, 5) is 13.1. The highest BCUT2D eigenvalue weighted by Crippen LogP contribution is 2.57. The maximum absolute atomic E-state index is 12.7. The average molecular weight is 554 g/mol. The molecule has 39 heavy (non-hydrogen) atoms. The van der Waals surface area contributed by atoms with E-state index >= 15 is 0 Å². The fourth-order valence-electron chi connectivity index (χ4n) is 5.05. The van der Waals surface area contributed by atoms with Crippen molar-refractivity contribution in [2.45, 2.75) is 63.5 Å². The minimum Gasteiger partial charge on any atom is -0.497 e. The third-order valence-corrected chi connectivity index (χ3v) is 9.12. The van der Waals surface area contributed by atoms with Gasteiger partial charge >= 0.3 is 5.97 Å². The van der Waals surface area contributed by atoms with E-state index in [-0.39, 0.29) is 24.4 Å². The zero-order chi connectivity index (χ0) is 28.0. The number of methoxy groups -OCH3 is 1. The molecule has 210 valence electrons. The summed E-state index contributed by atoms with van der Waals surface area (Å²) in [7, 11) is -1.66. The van der Waals surface area contributed by atoms with Crippen molar-refractivity contribution in [3.8, 4) is 11.5 Å². The Hall–Kier alpha value is -3.04. The largest absolute Gasteiger partial charge is 0.497 e. The van der Waals surface area contributed by atoms with Crippen LogP contribution in [-0.2, 0) is 22.5 Å². The summed E-state index contributed by atoms with van der Waals surface area (Å²) < 4.78 is 41.7. The second-order valence-electron chi connectivity index (χ2n) is 9.66. The number of carbonyl (C=O) groups excluding carboxylic acids is 1. The van der Waals surface area contributed by atoms with Gasteiger partial charge in [0.2, 0.25) is 0 Å². The molecule has 0 radical (unpaired) electrons. The van der Waals surface area contributed by atoms with Crippen LogP contribution in [0.3, 0.4) is 0 Å². The molecule has 0 amide bonds. The van der Waals surface area contributed by atoms with Gasteiger partial charge in [-0.2, -0.15) is 4.31 Å². The first kappa shape index (κ1) is 29.0. The van der Waals surface area contributed by atoms with Crippen LogP contribution in [0.15, 0.2) is 71.6 Å². The smallest absolute Gasteiger partial charge is 0.306 e. The number of benzene rings is 3. The van der Waals surface area contributed by atoms with Gasteiger partial charge in [0.25, 0.3) is 0 Å². The van der Waals surface area contributed by atoms with Gasteiger partial charge in [0.15, 0.2) is 0 Å². The molecule has 0 saturated carbocycles. The molecule has 0 aliphatic carbocycles. The first-order valence-electron chi connectivity index (χ1n) is 13.5. The molecule has 0 fully saturated rings. The molecule has 3 aromatic carbocycles. The van der Waals surface area contributed by atoms with Crippen molar-refractivity contribution in [1.82, 2.24) is 4.31 Å². The standard InChI is InChI=1S/C31H39NO6S/c1-5-22-15-16-24(28(19-31(33)37-7-3)23-11-10-12-27(18-23)36-4)17-25(22)20-32-21-26(6-2)38-29-13-8-9-14-30(29)39(32,34)35/h8-18,26,28,34-35H,5-7,19-21H2,1-4H3. The van der Waals surface area contributed by atoms with Gasteiger partial charge in [0.1, 0.15) is 22.5 Å². The van der Waals surface area contributed by atoms with Crippen molar-refractivity contribution in [2.75, 3.05) is 20.3 Å². The molecule has 1 aliphatic rings. The Morgan fingerprint density at radius 3 is 2.51 bits per heavy atom. The van der Waals surface area contributed by atoms with Gasteiger partial charge in [0, 0.05) is 12.5 Å². The number of para-hydroxylation sites is 1. The molecule has 4 rings (SSSR count). The number of hydrogen-bond donors (Lipinski definition) is 2. The zero-order valence-corrected chi connectivity index (χ0v) is 23.9. The summed E-state index contributed by atoms with van der Waals surface area (Å²) in [6, 6.07) is 21.1. The van der Waals surface area contributed by atoms with Crippen LogP contribution in [0.2, 0.25) is 0 Å². The maximum Gasteiger partial charge on any atom is 0.306 e. The topological polar surface area (TPSA) is 88.5 Å². The lowest BCUT2D eigenvalue weighted by Crippen LogP contribution is -2.34. The van der Waals surface area contributed by atoms with Crippen molar-refractivity contribution in [1.29, 1.82) is 0 Å². The molecule has 8 heteroatoms. The molecule has 0 aromatic heterocycles. The average Bonchev–Trinajstić information content (AvgIpc) is 3.05. The Balaban J connectivity index is 1.75. The summed E-state index contributed by atoms with van der Waals surface area (Å²) in [6.07, 6.45) is 1.53. The number of nitrogens with zero attached hydrogens (tertiary/aromatic N) is 1. The zero-order valence-electron chi connectivity index (χ0n) is 23.1. The van der Waals surface area contributed by atoms with Crippen LogP contribution < -0.4 is 9.47 Å². The summed E-state index contributed by atoms with van der Waals surface area (Å²) in [5.74, 6) is 0.715. The Morgan fingerprint density at radius 2 is 1.79 bits per heavy atom.